The van der Waals surface area contributed by atoms with Crippen molar-refractivity contribution in [2.75, 3.05) is 17.3 Å². The van der Waals surface area contributed by atoms with E-state index in [4.69, 9.17) is 0 Å². The lowest BCUT2D eigenvalue weighted by molar-refractivity contribution is -0.137. The Kier molecular flexibility index (Phi) is 5.15. The van der Waals surface area contributed by atoms with Crippen LogP contribution in [0.2, 0.25) is 0 Å². The van der Waals surface area contributed by atoms with Gasteiger partial charge in [-0.15, -0.1) is 0 Å². The average Bonchev–Trinajstić information content (AvgIpc) is 2.26. The molecule has 0 radical (unpaired) electrons. The zero-order valence-electron chi connectivity index (χ0n) is 10.7. The van der Waals surface area contributed by atoms with Gasteiger partial charge in [0.15, 0.2) is 0 Å². The van der Waals surface area contributed by atoms with Gasteiger partial charge in [-0.05, 0) is 24.6 Å². The first-order valence-corrected chi connectivity index (χ1v) is 7.79. The average molecular weight is 309 g/mol. The van der Waals surface area contributed by atoms with Crippen LogP contribution in [0, 0.1) is 0 Å². The smallest absolute Gasteiger partial charge is 0.326 e. The highest BCUT2D eigenvalue weighted by atomic mass is 32.2. The first kappa shape index (κ1) is 16.5. The number of nitrogens with one attached hydrogen (secondary N) is 1. The monoisotopic (exact) mass is 309 g/mol. The van der Waals surface area contributed by atoms with Gasteiger partial charge >= 0.3 is 6.18 Å². The highest BCUT2D eigenvalue weighted by Crippen LogP contribution is 2.30. The molecule has 0 fully saturated rings. The minimum atomic E-state index is -4.48. The third-order valence-electron chi connectivity index (χ3n) is 2.39. The fourth-order valence-corrected chi connectivity index (χ4v) is 2.16. The maximum absolute atomic E-state index is 12.5. The second kappa shape index (κ2) is 6.25. The van der Waals surface area contributed by atoms with Gasteiger partial charge in [-0.25, -0.2) is 8.42 Å². The van der Waals surface area contributed by atoms with Crippen LogP contribution in [-0.4, -0.2) is 26.3 Å². The number of amides is 1. The van der Waals surface area contributed by atoms with Crippen molar-refractivity contribution in [3.8, 4) is 0 Å². The Morgan fingerprint density at radius 1 is 1.30 bits per heavy atom. The minimum absolute atomic E-state index is 0.0316. The SMILES string of the molecule is CS(=O)(=O)CCCC(=O)Nc1cccc(C(F)(F)F)c1. The van der Waals surface area contributed by atoms with Gasteiger partial charge in [-0.3, -0.25) is 4.79 Å². The van der Waals surface area contributed by atoms with Crippen molar-refractivity contribution in [2.45, 2.75) is 19.0 Å². The third kappa shape index (κ3) is 6.05. The number of halogens is 3. The molecule has 0 aliphatic rings. The van der Waals surface area contributed by atoms with Crippen molar-refractivity contribution < 1.29 is 26.4 Å². The van der Waals surface area contributed by atoms with E-state index in [0.29, 0.717) is 0 Å². The van der Waals surface area contributed by atoms with Crippen LogP contribution < -0.4 is 5.32 Å². The van der Waals surface area contributed by atoms with E-state index in [1.54, 1.807) is 0 Å². The molecule has 0 saturated heterocycles. The molecular formula is C12H14F3NO3S. The predicted octanol–water partition coefficient (Wildman–Crippen LogP) is 2.47. The standard InChI is InChI=1S/C12H14F3NO3S/c1-20(18,19)7-3-6-11(17)16-10-5-2-4-9(8-10)12(13,14)15/h2,4-5,8H,3,6-7H2,1H3,(H,16,17). The summed E-state index contributed by atoms with van der Waals surface area (Å²) in [4.78, 5) is 11.5. The van der Waals surface area contributed by atoms with Crippen LogP contribution in [-0.2, 0) is 20.8 Å². The summed E-state index contributed by atoms with van der Waals surface area (Å²) in [6, 6.07) is 4.26. The summed E-state index contributed by atoms with van der Waals surface area (Å²) in [7, 11) is -3.15. The summed E-state index contributed by atoms with van der Waals surface area (Å²) in [5.74, 6) is -0.656. The maximum atomic E-state index is 12.5. The van der Waals surface area contributed by atoms with Gasteiger partial charge in [0.1, 0.15) is 9.84 Å². The maximum Gasteiger partial charge on any atom is 0.416 e. The first-order valence-electron chi connectivity index (χ1n) is 5.73. The molecule has 1 N–H and O–H groups in total. The van der Waals surface area contributed by atoms with Gasteiger partial charge in [0.2, 0.25) is 5.91 Å². The summed E-state index contributed by atoms with van der Waals surface area (Å²) in [6.07, 6.45) is -3.36. The van der Waals surface area contributed by atoms with Crippen LogP contribution in [0.15, 0.2) is 24.3 Å². The third-order valence-corrected chi connectivity index (χ3v) is 3.42. The highest BCUT2D eigenvalue weighted by molar-refractivity contribution is 7.90. The van der Waals surface area contributed by atoms with E-state index in [2.05, 4.69) is 5.32 Å². The second-order valence-electron chi connectivity index (χ2n) is 4.36. The van der Waals surface area contributed by atoms with Crippen molar-refractivity contribution in [1.29, 1.82) is 0 Å². The van der Waals surface area contributed by atoms with Crippen LogP contribution in [0.5, 0.6) is 0 Å². The fraction of sp³-hybridized carbons (Fsp3) is 0.417. The zero-order valence-corrected chi connectivity index (χ0v) is 11.5. The fourth-order valence-electron chi connectivity index (χ4n) is 1.49. The number of rotatable bonds is 5. The van der Waals surface area contributed by atoms with Crippen LogP contribution in [0.4, 0.5) is 18.9 Å². The molecule has 0 aliphatic heterocycles. The molecule has 0 heterocycles. The summed E-state index contributed by atoms with van der Waals surface area (Å²) < 4.78 is 59.1. The Morgan fingerprint density at radius 2 is 1.95 bits per heavy atom. The lowest BCUT2D eigenvalue weighted by Crippen LogP contribution is -2.14. The van der Waals surface area contributed by atoms with Crippen molar-refractivity contribution in [3.63, 3.8) is 0 Å². The number of anilines is 1. The quantitative estimate of drug-likeness (QED) is 0.909. The molecule has 112 valence electrons. The van der Waals surface area contributed by atoms with E-state index in [1.165, 1.54) is 12.1 Å². The Balaban J connectivity index is 2.58. The lowest BCUT2D eigenvalue weighted by atomic mass is 10.2. The van der Waals surface area contributed by atoms with Gasteiger partial charge in [0, 0.05) is 18.4 Å². The molecule has 8 heteroatoms. The number of sulfone groups is 1. The second-order valence-corrected chi connectivity index (χ2v) is 6.62. The van der Waals surface area contributed by atoms with Crippen molar-refractivity contribution in [3.05, 3.63) is 29.8 Å². The number of alkyl halides is 3. The van der Waals surface area contributed by atoms with E-state index in [-0.39, 0.29) is 24.3 Å². The summed E-state index contributed by atoms with van der Waals surface area (Å²) >= 11 is 0. The van der Waals surface area contributed by atoms with Crippen molar-refractivity contribution in [1.82, 2.24) is 0 Å². The minimum Gasteiger partial charge on any atom is -0.326 e. The van der Waals surface area contributed by atoms with E-state index >= 15 is 0 Å². The number of carbonyl (C=O) groups is 1. The van der Waals surface area contributed by atoms with Crippen LogP contribution >= 0.6 is 0 Å². The van der Waals surface area contributed by atoms with E-state index in [1.807, 2.05) is 0 Å². The molecule has 0 spiro atoms. The topological polar surface area (TPSA) is 63.2 Å². The summed E-state index contributed by atoms with van der Waals surface area (Å²) in [6.45, 7) is 0. The van der Waals surface area contributed by atoms with Gasteiger partial charge in [-0.1, -0.05) is 6.07 Å². The van der Waals surface area contributed by atoms with Crippen molar-refractivity contribution >= 4 is 21.4 Å². The lowest BCUT2D eigenvalue weighted by Gasteiger charge is -2.09. The molecule has 1 aromatic rings. The molecular weight excluding hydrogens is 295 g/mol. The van der Waals surface area contributed by atoms with Gasteiger partial charge in [0.05, 0.1) is 11.3 Å². The largest absolute Gasteiger partial charge is 0.416 e. The normalized spacial score (nSPS) is 12.2. The first-order chi connectivity index (χ1) is 9.08. The van der Waals surface area contributed by atoms with Gasteiger partial charge in [0.25, 0.3) is 0 Å². The molecule has 0 unspecified atom stereocenters. The molecule has 0 saturated carbocycles. The molecule has 4 nitrogen and oxygen atoms in total. The Bertz CT molecular complexity index is 582. The zero-order chi connectivity index (χ0) is 15.4. The molecule has 1 amide bonds. The molecule has 1 rings (SSSR count). The summed E-state index contributed by atoms with van der Waals surface area (Å²) in [5.41, 5.74) is -0.824. The summed E-state index contributed by atoms with van der Waals surface area (Å²) in [5, 5.41) is 2.31. The Morgan fingerprint density at radius 3 is 2.50 bits per heavy atom. The van der Waals surface area contributed by atoms with E-state index in [0.717, 1.165) is 18.4 Å². The predicted molar refractivity (Wildman–Crippen MR) is 69.0 cm³/mol. The molecule has 0 atom stereocenters. The molecule has 0 aromatic heterocycles. The van der Waals surface area contributed by atoms with Gasteiger partial charge in [-0.2, -0.15) is 13.2 Å². The van der Waals surface area contributed by atoms with Gasteiger partial charge < -0.3 is 5.32 Å². The van der Waals surface area contributed by atoms with E-state index in [9.17, 15) is 26.4 Å². The van der Waals surface area contributed by atoms with Crippen molar-refractivity contribution in [2.24, 2.45) is 0 Å². The molecule has 1 aromatic carbocycles. The highest BCUT2D eigenvalue weighted by Gasteiger charge is 2.30. The van der Waals surface area contributed by atoms with E-state index < -0.39 is 27.5 Å². The number of hydrogen-bond acceptors (Lipinski definition) is 3. The Labute approximate surface area is 114 Å². The number of carbonyl (C=O) groups excluding carboxylic acids is 1. The van der Waals surface area contributed by atoms with Crippen LogP contribution in [0.25, 0.3) is 0 Å². The molecule has 20 heavy (non-hydrogen) atoms. The van der Waals surface area contributed by atoms with Crippen LogP contribution in [0.3, 0.4) is 0 Å². The van der Waals surface area contributed by atoms with Crippen LogP contribution in [0.1, 0.15) is 18.4 Å². The number of hydrogen-bond donors (Lipinski definition) is 1. The number of benzene rings is 1. The Hall–Kier alpha value is -1.57. The molecule has 0 bridgehead atoms. The molecule has 0 aliphatic carbocycles.